The third kappa shape index (κ3) is 2.37. The zero-order valence-corrected chi connectivity index (χ0v) is 7.15. The number of rotatable bonds is 3. The molecule has 0 fully saturated rings. The lowest BCUT2D eigenvalue weighted by molar-refractivity contribution is -0.136. The molecule has 0 atom stereocenters. The number of aromatic hydroxyl groups is 1. The Balaban J connectivity index is 2.99. The summed E-state index contributed by atoms with van der Waals surface area (Å²) in [6.07, 6.45) is -0.108. The van der Waals surface area contributed by atoms with Gasteiger partial charge in [-0.1, -0.05) is 6.07 Å². The molecule has 0 heterocycles. The first kappa shape index (κ1) is 9.38. The summed E-state index contributed by atoms with van der Waals surface area (Å²) in [5.41, 5.74) is 0.549. The summed E-state index contributed by atoms with van der Waals surface area (Å²) in [6, 6.07) is 4.35. The second-order valence-electron chi connectivity index (χ2n) is 2.57. The highest BCUT2D eigenvalue weighted by Crippen LogP contribution is 2.23. The highest BCUT2D eigenvalue weighted by molar-refractivity contribution is 5.71. The van der Waals surface area contributed by atoms with Gasteiger partial charge in [-0.05, 0) is 6.07 Å². The Labute approximate surface area is 75.4 Å². The Kier molecular flexibility index (Phi) is 2.74. The van der Waals surface area contributed by atoms with E-state index in [1.54, 1.807) is 0 Å². The second kappa shape index (κ2) is 3.80. The van der Waals surface area contributed by atoms with E-state index in [1.165, 1.54) is 25.3 Å². The molecule has 0 radical (unpaired) electrons. The number of phenols is 1. The third-order valence-corrected chi connectivity index (χ3v) is 1.61. The van der Waals surface area contributed by atoms with E-state index in [0.717, 1.165) is 0 Å². The molecule has 0 amide bonds. The van der Waals surface area contributed by atoms with Crippen molar-refractivity contribution in [2.24, 2.45) is 0 Å². The van der Waals surface area contributed by atoms with Crippen LogP contribution >= 0.6 is 0 Å². The zero-order chi connectivity index (χ0) is 9.84. The summed E-state index contributed by atoms with van der Waals surface area (Å²) < 4.78 is 4.90. The second-order valence-corrected chi connectivity index (χ2v) is 2.57. The van der Waals surface area contributed by atoms with E-state index < -0.39 is 5.97 Å². The van der Waals surface area contributed by atoms with Gasteiger partial charge in [-0.25, -0.2) is 0 Å². The Hall–Kier alpha value is -1.71. The fourth-order valence-corrected chi connectivity index (χ4v) is 1.04. The molecule has 4 nitrogen and oxygen atoms in total. The predicted molar refractivity (Wildman–Crippen MR) is 46.0 cm³/mol. The molecule has 13 heavy (non-hydrogen) atoms. The Morgan fingerprint density at radius 2 is 2.23 bits per heavy atom. The standard InChI is InChI=1S/C9H10O4/c1-13-8-5-7(10)3-2-6(8)4-9(11)12/h2-3,5,10H,4H2,1H3,(H,11,12). The van der Waals surface area contributed by atoms with E-state index in [0.29, 0.717) is 11.3 Å². The minimum atomic E-state index is -0.927. The van der Waals surface area contributed by atoms with Gasteiger partial charge < -0.3 is 14.9 Å². The topological polar surface area (TPSA) is 66.8 Å². The fraction of sp³-hybridized carbons (Fsp3) is 0.222. The molecule has 0 saturated heterocycles. The Morgan fingerprint density at radius 1 is 1.54 bits per heavy atom. The first-order valence-corrected chi connectivity index (χ1v) is 3.71. The third-order valence-electron chi connectivity index (χ3n) is 1.61. The van der Waals surface area contributed by atoms with Crippen LogP contribution in [0.1, 0.15) is 5.56 Å². The average molecular weight is 182 g/mol. The van der Waals surface area contributed by atoms with Crippen molar-refractivity contribution in [3.8, 4) is 11.5 Å². The number of methoxy groups -OCH3 is 1. The molecule has 0 spiro atoms. The van der Waals surface area contributed by atoms with Crippen LogP contribution in [0, 0.1) is 0 Å². The van der Waals surface area contributed by atoms with E-state index in [9.17, 15) is 4.79 Å². The van der Waals surface area contributed by atoms with Crippen molar-refractivity contribution in [2.75, 3.05) is 7.11 Å². The maximum atomic E-state index is 10.4. The molecule has 0 aliphatic rings. The van der Waals surface area contributed by atoms with Crippen LogP contribution in [0.4, 0.5) is 0 Å². The predicted octanol–water partition coefficient (Wildman–Crippen LogP) is 1.03. The summed E-state index contributed by atoms with van der Waals surface area (Å²) in [7, 11) is 1.43. The van der Waals surface area contributed by atoms with E-state index in [-0.39, 0.29) is 12.2 Å². The van der Waals surface area contributed by atoms with Crippen LogP contribution in [0.15, 0.2) is 18.2 Å². The number of carboxylic acid groups (broad SMARTS) is 1. The first-order valence-electron chi connectivity index (χ1n) is 3.71. The van der Waals surface area contributed by atoms with E-state index in [4.69, 9.17) is 14.9 Å². The van der Waals surface area contributed by atoms with Crippen LogP contribution < -0.4 is 4.74 Å². The lowest BCUT2D eigenvalue weighted by Crippen LogP contribution is -2.01. The number of ether oxygens (including phenoxy) is 1. The maximum Gasteiger partial charge on any atom is 0.307 e. The van der Waals surface area contributed by atoms with Crippen molar-refractivity contribution in [3.63, 3.8) is 0 Å². The highest BCUT2D eigenvalue weighted by Gasteiger charge is 2.07. The number of phenolic OH excluding ortho intramolecular Hbond substituents is 1. The summed E-state index contributed by atoms with van der Waals surface area (Å²) in [6.45, 7) is 0. The van der Waals surface area contributed by atoms with Gasteiger partial charge in [0, 0.05) is 11.6 Å². The molecule has 1 aromatic rings. The van der Waals surface area contributed by atoms with Crippen LogP contribution in [0.3, 0.4) is 0 Å². The highest BCUT2D eigenvalue weighted by atomic mass is 16.5. The van der Waals surface area contributed by atoms with Gasteiger partial charge in [0.2, 0.25) is 0 Å². The van der Waals surface area contributed by atoms with Gasteiger partial charge in [-0.2, -0.15) is 0 Å². The van der Waals surface area contributed by atoms with Gasteiger partial charge in [0.15, 0.2) is 0 Å². The van der Waals surface area contributed by atoms with E-state index in [2.05, 4.69) is 0 Å². The number of carbonyl (C=O) groups is 1. The SMILES string of the molecule is COc1cc(O)ccc1CC(=O)O. The molecular formula is C9H10O4. The van der Waals surface area contributed by atoms with Crippen molar-refractivity contribution in [1.82, 2.24) is 0 Å². The summed E-state index contributed by atoms with van der Waals surface area (Å²) in [5, 5.41) is 17.6. The molecule has 4 heteroatoms. The van der Waals surface area contributed by atoms with E-state index in [1.807, 2.05) is 0 Å². The van der Waals surface area contributed by atoms with Crippen LogP contribution in [-0.4, -0.2) is 23.3 Å². The van der Waals surface area contributed by atoms with Crippen LogP contribution in [0.25, 0.3) is 0 Å². The average Bonchev–Trinajstić information content (AvgIpc) is 2.07. The molecule has 0 unspecified atom stereocenters. The van der Waals surface area contributed by atoms with Gasteiger partial charge >= 0.3 is 5.97 Å². The van der Waals surface area contributed by atoms with Gasteiger partial charge in [0.05, 0.1) is 13.5 Å². The molecule has 0 aromatic heterocycles. The summed E-state index contributed by atoms with van der Waals surface area (Å²) in [5.74, 6) is -0.475. The lowest BCUT2D eigenvalue weighted by atomic mass is 10.1. The summed E-state index contributed by atoms with van der Waals surface area (Å²) in [4.78, 5) is 10.4. The molecule has 70 valence electrons. The molecule has 1 rings (SSSR count). The number of hydrogen-bond donors (Lipinski definition) is 2. The Bertz CT molecular complexity index is 319. The molecule has 0 saturated carbocycles. The van der Waals surface area contributed by atoms with Gasteiger partial charge in [0.25, 0.3) is 0 Å². The molecular weight excluding hydrogens is 172 g/mol. The number of aliphatic carboxylic acids is 1. The smallest absolute Gasteiger partial charge is 0.307 e. The molecule has 2 N–H and O–H groups in total. The number of hydrogen-bond acceptors (Lipinski definition) is 3. The quantitative estimate of drug-likeness (QED) is 0.732. The zero-order valence-electron chi connectivity index (χ0n) is 7.15. The van der Waals surface area contributed by atoms with Crippen LogP contribution in [0.5, 0.6) is 11.5 Å². The molecule has 0 aliphatic heterocycles. The van der Waals surface area contributed by atoms with Crippen molar-refractivity contribution >= 4 is 5.97 Å². The number of benzene rings is 1. The maximum absolute atomic E-state index is 10.4. The minimum Gasteiger partial charge on any atom is -0.508 e. The normalized spacial score (nSPS) is 9.62. The molecule has 0 aliphatic carbocycles. The fourth-order valence-electron chi connectivity index (χ4n) is 1.04. The summed E-state index contributed by atoms with van der Waals surface area (Å²) >= 11 is 0. The van der Waals surface area contributed by atoms with E-state index >= 15 is 0 Å². The van der Waals surface area contributed by atoms with Gasteiger partial charge in [0.1, 0.15) is 11.5 Å². The molecule has 1 aromatic carbocycles. The van der Waals surface area contributed by atoms with Crippen molar-refractivity contribution in [1.29, 1.82) is 0 Å². The number of carboxylic acids is 1. The first-order chi connectivity index (χ1) is 6.13. The van der Waals surface area contributed by atoms with Crippen molar-refractivity contribution in [2.45, 2.75) is 6.42 Å². The Morgan fingerprint density at radius 3 is 2.77 bits per heavy atom. The van der Waals surface area contributed by atoms with Crippen molar-refractivity contribution < 1.29 is 19.7 Å². The van der Waals surface area contributed by atoms with Gasteiger partial charge in [-0.15, -0.1) is 0 Å². The van der Waals surface area contributed by atoms with Crippen LogP contribution in [0.2, 0.25) is 0 Å². The molecule has 0 bridgehead atoms. The largest absolute Gasteiger partial charge is 0.508 e. The monoisotopic (exact) mass is 182 g/mol. The minimum absolute atomic E-state index is 0.0611. The van der Waals surface area contributed by atoms with Crippen molar-refractivity contribution in [3.05, 3.63) is 23.8 Å². The van der Waals surface area contributed by atoms with Crippen LogP contribution in [-0.2, 0) is 11.2 Å². The lowest BCUT2D eigenvalue weighted by Gasteiger charge is -2.06. The van der Waals surface area contributed by atoms with Gasteiger partial charge in [-0.3, -0.25) is 4.79 Å².